The fourth-order valence-corrected chi connectivity index (χ4v) is 4.26. The van der Waals surface area contributed by atoms with E-state index in [4.69, 9.17) is 37.9 Å². The first-order chi connectivity index (χ1) is 19.0. The summed E-state index contributed by atoms with van der Waals surface area (Å²) in [6, 6.07) is 4.49. The third kappa shape index (κ3) is 8.05. The molecule has 0 bridgehead atoms. The van der Waals surface area contributed by atoms with Crippen LogP contribution in [0.25, 0.3) is 0 Å². The van der Waals surface area contributed by atoms with E-state index in [1.165, 1.54) is 32.2 Å². The third-order valence-electron chi connectivity index (χ3n) is 5.90. The van der Waals surface area contributed by atoms with E-state index in [9.17, 15) is 24.0 Å². The van der Waals surface area contributed by atoms with E-state index in [1.54, 1.807) is 4.90 Å². The number of carbonyl (C=O) groups excluding carboxylic acids is 5. The zero-order chi connectivity index (χ0) is 29.4. The average Bonchev–Trinajstić information content (AvgIpc) is 2.90. The van der Waals surface area contributed by atoms with Gasteiger partial charge < -0.3 is 42.8 Å². The Labute approximate surface area is 230 Å². The number of methoxy groups -OCH3 is 1. The summed E-state index contributed by atoms with van der Waals surface area (Å²) in [7, 11) is 1.37. The van der Waals surface area contributed by atoms with Crippen LogP contribution < -0.4 is 9.47 Å². The van der Waals surface area contributed by atoms with Gasteiger partial charge in [0.2, 0.25) is 12.4 Å². The lowest BCUT2D eigenvalue weighted by atomic mass is 9.98. The maximum atomic E-state index is 12.9. The van der Waals surface area contributed by atoms with Crippen molar-refractivity contribution in [3.05, 3.63) is 23.8 Å². The SMILES string of the molecule is COc1cc(C(=O)N2CCOCC2)ccc1O[C@@H]1OC(COC(C)=O)[C@@H](OC(C)=O)C(OC(C)=O)C1OC(C)=O. The van der Waals surface area contributed by atoms with Gasteiger partial charge in [0.15, 0.2) is 23.7 Å². The summed E-state index contributed by atoms with van der Waals surface area (Å²) < 4.78 is 44.0. The van der Waals surface area contributed by atoms with Gasteiger partial charge in [-0.05, 0) is 18.2 Å². The van der Waals surface area contributed by atoms with Gasteiger partial charge in [-0.2, -0.15) is 0 Å². The number of amides is 1. The fraction of sp³-hybridized carbons (Fsp3) is 0.577. The first kappa shape index (κ1) is 30.6. The van der Waals surface area contributed by atoms with Gasteiger partial charge in [-0.25, -0.2) is 0 Å². The minimum absolute atomic E-state index is 0.0990. The Balaban J connectivity index is 1.96. The van der Waals surface area contributed by atoms with Gasteiger partial charge in [0, 0.05) is 46.3 Å². The topological polar surface area (TPSA) is 162 Å². The Hall–Kier alpha value is -3.91. The predicted molar refractivity (Wildman–Crippen MR) is 132 cm³/mol. The van der Waals surface area contributed by atoms with E-state index in [-0.39, 0.29) is 17.4 Å². The van der Waals surface area contributed by atoms with Gasteiger partial charge in [-0.15, -0.1) is 0 Å². The Morgan fingerprint density at radius 1 is 0.825 bits per heavy atom. The molecule has 3 rings (SSSR count). The van der Waals surface area contributed by atoms with Gasteiger partial charge >= 0.3 is 23.9 Å². The molecular formula is C26H33NO13. The van der Waals surface area contributed by atoms with Crippen LogP contribution in [0.1, 0.15) is 38.1 Å². The number of esters is 4. The molecule has 5 atom stereocenters. The highest BCUT2D eigenvalue weighted by atomic mass is 16.7. The zero-order valence-corrected chi connectivity index (χ0v) is 22.9. The number of carbonyl (C=O) groups is 5. The van der Waals surface area contributed by atoms with Gasteiger partial charge in [0.1, 0.15) is 12.7 Å². The quantitative estimate of drug-likeness (QED) is 0.302. The van der Waals surface area contributed by atoms with Crippen LogP contribution in [-0.4, -0.2) is 105 Å². The van der Waals surface area contributed by atoms with E-state index in [0.717, 1.165) is 20.8 Å². The van der Waals surface area contributed by atoms with Gasteiger partial charge in [-0.3, -0.25) is 24.0 Å². The van der Waals surface area contributed by atoms with Crippen LogP contribution in [0.15, 0.2) is 18.2 Å². The Morgan fingerprint density at radius 3 is 2.00 bits per heavy atom. The van der Waals surface area contributed by atoms with E-state index < -0.39 is 61.2 Å². The van der Waals surface area contributed by atoms with Gasteiger partial charge in [-0.1, -0.05) is 0 Å². The highest BCUT2D eigenvalue weighted by molar-refractivity contribution is 5.95. The van der Waals surface area contributed by atoms with Crippen molar-refractivity contribution in [1.29, 1.82) is 0 Å². The number of ether oxygens (including phenoxy) is 8. The molecule has 0 spiro atoms. The molecule has 40 heavy (non-hydrogen) atoms. The molecule has 14 heteroatoms. The van der Waals surface area contributed by atoms with Gasteiger partial charge in [0.25, 0.3) is 5.91 Å². The van der Waals surface area contributed by atoms with Crippen LogP contribution in [0.2, 0.25) is 0 Å². The van der Waals surface area contributed by atoms with Crippen molar-refractivity contribution < 1.29 is 61.9 Å². The molecular weight excluding hydrogens is 534 g/mol. The van der Waals surface area contributed by atoms with E-state index in [0.29, 0.717) is 31.9 Å². The summed E-state index contributed by atoms with van der Waals surface area (Å²) in [5.41, 5.74) is 0.340. The lowest BCUT2D eigenvalue weighted by molar-refractivity contribution is -0.288. The molecule has 0 N–H and O–H groups in total. The van der Waals surface area contributed by atoms with Crippen LogP contribution >= 0.6 is 0 Å². The summed E-state index contributed by atoms with van der Waals surface area (Å²) >= 11 is 0. The largest absolute Gasteiger partial charge is 0.493 e. The maximum Gasteiger partial charge on any atom is 0.303 e. The monoisotopic (exact) mass is 567 g/mol. The van der Waals surface area contributed by atoms with Crippen molar-refractivity contribution in [2.75, 3.05) is 40.0 Å². The fourth-order valence-electron chi connectivity index (χ4n) is 4.26. The lowest BCUT2D eigenvalue weighted by Gasteiger charge is -2.44. The number of benzene rings is 1. The maximum absolute atomic E-state index is 12.9. The molecule has 0 aromatic heterocycles. The first-order valence-corrected chi connectivity index (χ1v) is 12.5. The Bertz CT molecular complexity index is 1100. The van der Waals surface area contributed by atoms with Crippen molar-refractivity contribution in [2.24, 2.45) is 0 Å². The van der Waals surface area contributed by atoms with E-state index >= 15 is 0 Å². The van der Waals surface area contributed by atoms with Crippen LogP contribution in [0.3, 0.4) is 0 Å². The average molecular weight is 568 g/mol. The van der Waals surface area contributed by atoms with Crippen LogP contribution in [0.5, 0.6) is 11.5 Å². The van der Waals surface area contributed by atoms with E-state index in [1.807, 2.05) is 0 Å². The summed E-state index contributed by atoms with van der Waals surface area (Å²) in [5, 5.41) is 0. The number of hydrogen-bond donors (Lipinski definition) is 0. The smallest absolute Gasteiger partial charge is 0.303 e. The molecule has 0 radical (unpaired) electrons. The lowest BCUT2D eigenvalue weighted by Crippen LogP contribution is -2.63. The number of rotatable bonds is 9. The second-order valence-corrected chi connectivity index (χ2v) is 8.96. The molecule has 0 saturated carbocycles. The van der Waals surface area contributed by atoms with E-state index in [2.05, 4.69) is 0 Å². The third-order valence-corrected chi connectivity index (χ3v) is 5.90. The first-order valence-electron chi connectivity index (χ1n) is 12.5. The number of nitrogens with zero attached hydrogens (tertiary/aromatic N) is 1. The second-order valence-electron chi connectivity index (χ2n) is 8.96. The molecule has 1 aromatic carbocycles. The molecule has 3 unspecified atom stereocenters. The summed E-state index contributed by atoms with van der Waals surface area (Å²) in [4.78, 5) is 62.0. The number of hydrogen-bond acceptors (Lipinski definition) is 13. The second kappa shape index (κ2) is 13.9. The van der Waals surface area contributed by atoms with Crippen LogP contribution in [0, 0.1) is 0 Å². The predicted octanol–water partition coefficient (Wildman–Crippen LogP) is 0.630. The summed E-state index contributed by atoms with van der Waals surface area (Å²) in [6.07, 6.45) is -6.76. The summed E-state index contributed by atoms with van der Waals surface area (Å²) in [6.45, 7) is 5.92. The molecule has 1 amide bonds. The Morgan fingerprint density at radius 2 is 1.43 bits per heavy atom. The highest BCUT2D eigenvalue weighted by Gasteiger charge is 2.53. The minimum Gasteiger partial charge on any atom is -0.493 e. The van der Waals surface area contributed by atoms with Crippen molar-refractivity contribution in [3.8, 4) is 11.5 Å². The molecule has 220 valence electrons. The summed E-state index contributed by atoms with van der Waals surface area (Å²) in [5.74, 6) is -2.89. The molecule has 0 aliphatic carbocycles. The van der Waals surface area contributed by atoms with Gasteiger partial charge in [0.05, 0.1) is 20.3 Å². The molecule has 14 nitrogen and oxygen atoms in total. The van der Waals surface area contributed by atoms with Crippen molar-refractivity contribution in [3.63, 3.8) is 0 Å². The van der Waals surface area contributed by atoms with Crippen molar-refractivity contribution in [2.45, 2.75) is 58.4 Å². The minimum atomic E-state index is -1.45. The molecule has 2 heterocycles. The molecule has 2 saturated heterocycles. The molecule has 2 fully saturated rings. The zero-order valence-electron chi connectivity index (χ0n) is 22.9. The molecule has 1 aromatic rings. The van der Waals surface area contributed by atoms with Crippen LogP contribution in [-0.2, 0) is 47.6 Å². The Kier molecular flexibility index (Phi) is 10.7. The molecule has 2 aliphatic rings. The van der Waals surface area contributed by atoms with Crippen molar-refractivity contribution >= 4 is 29.8 Å². The number of morpholine rings is 1. The van der Waals surface area contributed by atoms with Crippen LogP contribution in [0.4, 0.5) is 0 Å². The molecule has 2 aliphatic heterocycles. The van der Waals surface area contributed by atoms with Crippen molar-refractivity contribution in [1.82, 2.24) is 4.90 Å². The highest BCUT2D eigenvalue weighted by Crippen LogP contribution is 2.35. The normalized spacial score (nSPS) is 24.3. The standard InChI is InChI=1S/C26H33NO13/c1-14(28)35-13-21-22(36-15(2)29)23(37-16(3)30)24(38-17(4)31)26(40-21)39-19-7-6-18(12-20(19)33-5)25(32)27-8-10-34-11-9-27/h6-7,12,21-24,26H,8-11,13H2,1-5H3/t21?,22-,23?,24?,26-/m1/s1.